The average Bonchev–Trinajstić information content (AvgIpc) is 3.44. The van der Waals surface area contributed by atoms with Crippen molar-refractivity contribution in [1.29, 1.82) is 0 Å². The van der Waals surface area contributed by atoms with Crippen LogP contribution in [0.5, 0.6) is 0 Å². The number of carboxylic acids is 1. The van der Waals surface area contributed by atoms with Crippen LogP contribution in [0.25, 0.3) is 0 Å². The van der Waals surface area contributed by atoms with Crippen LogP contribution in [0.4, 0.5) is 4.79 Å². The molecule has 43 heavy (non-hydrogen) atoms. The van der Waals surface area contributed by atoms with Crippen molar-refractivity contribution in [2.24, 2.45) is 5.92 Å². The number of benzene rings is 1. The minimum Gasteiger partial charge on any atom is -0.479 e. The summed E-state index contributed by atoms with van der Waals surface area (Å²) in [4.78, 5) is 53.6. The molecular weight excluding hydrogens is 646 g/mol. The number of carboxylic acid groups (broad SMARTS) is 1. The summed E-state index contributed by atoms with van der Waals surface area (Å²) in [5.41, 5.74) is -2.33. The van der Waals surface area contributed by atoms with Crippen LogP contribution in [0.1, 0.15) is 65.7 Å². The molecule has 1 aliphatic carbocycles. The van der Waals surface area contributed by atoms with E-state index in [4.69, 9.17) is 8.92 Å². The molecule has 0 bridgehead atoms. The van der Waals surface area contributed by atoms with Crippen molar-refractivity contribution in [1.82, 2.24) is 15.5 Å². The van der Waals surface area contributed by atoms with Crippen molar-refractivity contribution in [2.45, 2.75) is 99.9 Å². The predicted octanol–water partition coefficient (Wildman–Crippen LogP) is 3.50. The number of hydrogen-bond donors (Lipinski definition) is 3. The minimum absolute atomic E-state index is 0.0992. The zero-order valence-corrected chi connectivity index (χ0v) is 26.8. The summed E-state index contributed by atoms with van der Waals surface area (Å²) >= 11 is 3.26. The third-order valence-electron chi connectivity index (χ3n) is 7.68. The van der Waals surface area contributed by atoms with E-state index in [0.29, 0.717) is 17.3 Å². The van der Waals surface area contributed by atoms with Crippen molar-refractivity contribution in [3.63, 3.8) is 0 Å². The number of alkyl carbamates (subject to hydrolysis) is 1. The smallest absolute Gasteiger partial charge is 0.408 e. The van der Waals surface area contributed by atoms with Gasteiger partial charge in [0.15, 0.2) is 0 Å². The molecule has 2 heterocycles. The molecule has 2 aliphatic heterocycles. The van der Waals surface area contributed by atoms with Crippen LogP contribution in [-0.2, 0) is 33.4 Å². The molecular formula is C29H38BrN3O9S. The Morgan fingerprint density at radius 3 is 2.49 bits per heavy atom. The molecule has 12 nitrogen and oxygen atoms in total. The molecule has 0 radical (unpaired) electrons. The highest BCUT2D eigenvalue weighted by Crippen LogP contribution is 2.45. The largest absolute Gasteiger partial charge is 0.479 e. The Bertz CT molecular complexity index is 1380. The van der Waals surface area contributed by atoms with Gasteiger partial charge in [-0.25, -0.2) is 9.59 Å². The molecule has 3 aliphatic rings. The fourth-order valence-electron chi connectivity index (χ4n) is 5.42. The second-order valence-corrected chi connectivity index (χ2v) is 14.7. The van der Waals surface area contributed by atoms with Crippen molar-refractivity contribution >= 4 is 49.9 Å². The maximum Gasteiger partial charge on any atom is 0.408 e. The number of carbonyl (C=O) groups excluding carboxylic acids is 3. The molecule has 3 amide bonds. The van der Waals surface area contributed by atoms with Crippen LogP contribution in [0.2, 0.25) is 0 Å². The van der Waals surface area contributed by atoms with Gasteiger partial charge in [0.1, 0.15) is 23.2 Å². The van der Waals surface area contributed by atoms with E-state index in [2.05, 4.69) is 26.6 Å². The highest BCUT2D eigenvalue weighted by atomic mass is 79.9. The molecule has 1 saturated heterocycles. The zero-order chi connectivity index (χ0) is 31.6. The molecule has 1 aromatic rings. The summed E-state index contributed by atoms with van der Waals surface area (Å²) < 4.78 is 37.6. The number of hydrogen-bond acceptors (Lipinski definition) is 8. The number of carbonyl (C=O) groups is 4. The van der Waals surface area contributed by atoms with Gasteiger partial charge >= 0.3 is 12.1 Å². The van der Waals surface area contributed by atoms with Crippen LogP contribution in [-0.4, -0.2) is 78.2 Å². The maximum absolute atomic E-state index is 14.0. The van der Waals surface area contributed by atoms with E-state index in [1.54, 1.807) is 39.0 Å². The van der Waals surface area contributed by atoms with Gasteiger partial charge in [-0.2, -0.15) is 8.42 Å². The Labute approximate surface area is 259 Å². The lowest BCUT2D eigenvalue weighted by atomic mass is 10.0. The number of nitrogens with one attached hydrogen (secondary N) is 2. The van der Waals surface area contributed by atoms with Crippen molar-refractivity contribution in [3.05, 3.63) is 40.9 Å². The summed E-state index contributed by atoms with van der Waals surface area (Å²) in [6, 6.07) is 3.53. The van der Waals surface area contributed by atoms with Gasteiger partial charge in [0.25, 0.3) is 10.1 Å². The number of fused-ring (bicyclic) bond motifs is 2. The lowest BCUT2D eigenvalue weighted by Gasteiger charge is -2.30. The van der Waals surface area contributed by atoms with Gasteiger partial charge in [0, 0.05) is 23.4 Å². The van der Waals surface area contributed by atoms with Gasteiger partial charge < -0.3 is 25.4 Å². The number of rotatable bonds is 5. The van der Waals surface area contributed by atoms with Crippen molar-refractivity contribution in [3.8, 4) is 0 Å². The molecule has 14 heteroatoms. The topological polar surface area (TPSA) is 168 Å². The minimum atomic E-state index is -4.26. The number of aliphatic carboxylic acids is 1. The number of ether oxygens (including phenoxy) is 1. The van der Waals surface area contributed by atoms with Crippen LogP contribution >= 0.6 is 15.9 Å². The molecule has 0 aromatic heterocycles. The van der Waals surface area contributed by atoms with Gasteiger partial charge in [0.05, 0.1) is 11.0 Å². The van der Waals surface area contributed by atoms with E-state index in [9.17, 15) is 32.7 Å². The molecule has 5 atom stereocenters. The van der Waals surface area contributed by atoms with Gasteiger partial charge in [-0.15, -0.1) is 0 Å². The van der Waals surface area contributed by atoms with Crippen LogP contribution < -0.4 is 10.6 Å². The Morgan fingerprint density at radius 1 is 1.14 bits per heavy atom. The number of halogens is 1. The van der Waals surface area contributed by atoms with Crippen LogP contribution in [0, 0.1) is 5.92 Å². The van der Waals surface area contributed by atoms with E-state index in [0.717, 1.165) is 12.8 Å². The molecule has 1 aromatic carbocycles. The standard InChI is InChI=1S/C29H38BrN3O9S/c1-28(2,3)41-27(38)31-22-10-8-6-4-5-7-9-18-16-29(18,26(36)37)32-24(34)23-15-20(17-33(23)25(22)35)42-43(39,40)21-13-11-19(30)12-14-21/h7,9,11-14,18,20,22-23H,4-6,8,10,15-17H2,1-3H3,(H,31,38)(H,32,34)(H,36,37)/b9-7+. The highest BCUT2D eigenvalue weighted by molar-refractivity contribution is 9.10. The Hall–Kier alpha value is -2.97. The third-order valence-corrected chi connectivity index (χ3v) is 9.58. The average molecular weight is 685 g/mol. The summed E-state index contributed by atoms with van der Waals surface area (Å²) in [7, 11) is -4.26. The summed E-state index contributed by atoms with van der Waals surface area (Å²) in [6.45, 7) is 4.81. The molecule has 4 rings (SSSR count). The highest BCUT2D eigenvalue weighted by Gasteiger charge is 2.61. The number of amides is 3. The molecule has 1 saturated carbocycles. The first-order valence-corrected chi connectivity index (χ1v) is 16.5. The first-order valence-electron chi connectivity index (χ1n) is 14.3. The first-order chi connectivity index (χ1) is 20.1. The number of allylic oxidation sites excluding steroid dienone is 1. The fourth-order valence-corrected chi connectivity index (χ4v) is 6.76. The summed E-state index contributed by atoms with van der Waals surface area (Å²) in [5.74, 6) is -2.94. The third kappa shape index (κ3) is 8.15. The van der Waals surface area contributed by atoms with Crippen molar-refractivity contribution < 1.29 is 41.6 Å². The molecule has 5 unspecified atom stereocenters. The van der Waals surface area contributed by atoms with E-state index in [1.807, 2.05) is 6.08 Å². The van der Waals surface area contributed by atoms with Gasteiger partial charge in [-0.1, -0.05) is 40.9 Å². The molecule has 2 fully saturated rings. The zero-order valence-electron chi connectivity index (χ0n) is 24.4. The van der Waals surface area contributed by atoms with E-state index >= 15 is 0 Å². The second-order valence-electron chi connectivity index (χ2n) is 12.2. The quantitative estimate of drug-likeness (QED) is 0.311. The van der Waals surface area contributed by atoms with Gasteiger partial charge in [-0.3, -0.25) is 13.8 Å². The number of nitrogens with zero attached hydrogens (tertiary/aromatic N) is 1. The second kappa shape index (κ2) is 12.9. The lowest BCUT2D eigenvalue weighted by Crippen LogP contribution is -2.56. The van der Waals surface area contributed by atoms with Gasteiger partial charge in [0.2, 0.25) is 11.8 Å². The Kier molecular flexibility index (Phi) is 9.92. The van der Waals surface area contributed by atoms with E-state index < -0.39 is 69.2 Å². The predicted molar refractivity (Wildman–Crippen MR) is 158 cm³/mol. The monoisotopic (exact) mass is 683 g/mol. The molecule has 3 N–H and O–H groups in total. The normalized spacial score (nSPS) is 29.3. The first kappa shape index (κ1) is 32.9. The maximum atomic E-state index is 14.0. The van der Waals surface area contributed by atoms with Crippen LogP contribution in [0.3, 0.4) is 0 Å². The van der Waals surface area contributed by atoms with Crippen molar-refractivity contribution in [2.75, 3.05) is 6.54 Å². The van der Waals surface area contributed by atoms with Crippen LogP contribution in [0.15, 0.2) is 45.8 Å². The molecule has 0 spiro atoms. The SMILES string of the molecule is CC(C)(C)OC(=O)NC1CCCCC/C=C/C2CC2(C(=O)O)NC(=O)C2CC(OS(=O)(=O)c3ccc(Br)cc3)CN2C1=O. The molecule has 236 valence electrons. The van der Waals surface area contributed by atoms with E-state index in [1.165, 1.54) is 17.0 Å². The summed E-state index contributed by atoms with van der Waals surface area (Å²) in [5, 5.41) is 15.2. The van der Waals surface area contributed by atoms with Gasteiger partial charge in [-0.05, 0) is 70.7 Å². The Morgan fingerprint density at radius 2 is 1.84 bits per heavy atom. The van der Waals surface area contributed by atoms with E-state index in [-0.39, 0.29) is 30.7 Å². The fraction of sp³-hybridized carbons (Fsp3) is 0.586. The Balaban J connectivity index is 1.63. The lowest BCUT2D eigenvalue weighted by molar-refractivity contribution is -0.145. The summed E-state index contributed by atoms with van der Waals surface area (Å²) in [6.07, 6.45) is 4.91.